The van der Waals surface area contributed by atoms with Crippen molar-refractivity contribution in [2.45, 2.75) is 34.7 Å². The number of allylic oxidation sites excluding steroid dienone is 4. The minimum absolute atomic E-state index is 0.0491. The number of rotatable bonds is 1. The Morgan fingerprint density at radius 2 is 1.71 bits per heavy atom. The van der Waals surface area contributed by atoms with Crippen molar-refractivity contribution in [3.05, 3.63) is 72.3 Å². The van der Waals surface area contributed by atoms with Crippen LogP contribution in [0.1, 0.15) is 23.9 Å². The lowest BCUT2D eigenvalue weighted by Gasteiger charge is -2.54. The number of phenols is 1. The van der Waals surface area contributed by atoms with Gasteiger partial charge in [-0.1, -0.05) is 35.3 Å². The van der Waals surface area contributed by atoms with Crippen LogP contribution in [0.5, 0.6) is 5.75 Å². The monoisotopic (exact) mass is 547 g/mol. The summed E-state index contributed by atoms with van der Waals surface area (Å²) in [5, 5.41) is 8.48. The number of carbonyl (C=O) groups is 2. The molecule has 1 aliphatic heterocycles. The lowest BCUT2D eigenvalue weighted by atomic mass is 9.59. The van der Waals surface area contributed by atoms with Gasteiger partial charge in [0, 0.05) is 19.4 Å². The van der Waals surface area contributed by atoms with Crippen molar-refractivity contribution in [3.63, 3.8) is 0 Å². The van der Waals surface area contributed by atoms with Crippen LogP contribution in [0.4, 0.5) is 4.39 Å². The molecule has 2 aromatic rings. The molecule has 5 rings (SSSR count). The highest BCUT2D eigenvalue weighted by atomic mass is 35.5. The quantitative estimate of drug-likeness (QED) is 0.436. The van der Waals surface area contributed by atoms with Crippen molar-refractivity contribution in [2.24, 2.45) is 7.05 Å². The standard InChI is InChI=1S/C21H14Cl4FN3O5/c1-27-18(33)28-5-4-9-11(29(28)19(27)34)7-20(24)16(31)14(22)15(23)17(32)21(20,25)13(9)8-2-3-12(30)10(26)6-8/h2-4,6,11,13,30H,5,7H2,1H3/t11-,13+,20-,21+/m1/s1. The number of halogens is 5. The number of Topliss-reactive ketones (excluding diaryl/α,β-unsaturated/α-hetero) is 2. The second kappa shape index (κ2) is 7.34. The number of fused-ring (bicyclic) bond motifs is 4. The second-order valence-corrected chi connectivity index (χ2v) is 10.4. The van der Waals surface area contributed by atoms with Gasteiger partial charge in [-0.05, 0) is 23.3 Å². The first-order chi connectivity index (χ1) is 15.9. The Kier molecular flexibility index (Phi) is 5.05. The molecule has 0 bridgehead atoms. The van der Waals surface area contributed by atoms with Crippen LogP contribution in [-0.4, -0.2) is 40.4 Å². The van der Waals surface area contributed by atoms with Crippen molar-refractivity contribution in [1.82, 2.24) is 13.9 Å². The van der Waals surface area contributed by atoms with Gasteiger partial charge < -0.3 is 5.11 Å². The number of nitrogens with zero attached hydrogens (tertiary/aromatic N) is 3. The van der Waals surface area contributed by atoms with Gasteiger partial charge in [-0.15, -0.1) is 23.2 Å². The van der Waals surface area contributed by atoms with Gasteiger partial charge >= 0.3 is 11.4 Å². The minimum Gasteiger partial charge on any atom is -0.505 e. The molecule has 1 aromatic heterocycles. The fourth-order valence-corrected chi connectivity index (χ4v) is 6.68. The molecule has 2 heterocycles. The fourth-order valence-electron chi connectivity index (χ4n) is 5.16. The molecular weight excluding hydrogens is 535 g/mol. The van der Waals surface area contributed by atoms with Crippen molar-refractivity contribution in [1.29, 1.82) is 0 Å². The van der Waals surface area contributed by atoms with Crippen LogP contribution in [0.2, 0.25) is 0 Å². The molecule has 178 valence electrons. The number of benzene rings is 1. The largest absolute Gasteiger partial charge is 0.505 e. The summed E-state index contributed by atoms with van der Waals surface area (Å²) in [5.74, 6) is -4.76. The SMILES string of the molecule is Cn1c(=O)n2n(c1=O)[C@@H]1C[C@@]3(Cl)C(=O)C(Cl)=C(Cl)C(=O)[C@@]3(Cl)[C@@H](c3ccc(O)c(F)c3)C1=CC2. The summed E-state index contributed by atoms with van der Waals surface area (Å²) >= 11 is 26.0. The lowest BCUT2D eigenvalue weighted by molar-refractivity contribution is -0.128. The molecule has 1 saturated carbocycles. The maximum Gasteiger partial charge on any atom is 0.347 e. The molecule has 0 saturated heterocycles. The predicted molar refractivity (Wildman–Crippen MR) is 122 cm³/mol. The number of ketones is 2. The smallest absolute Gasteiger partial charge is 0.347 e. The van der Waals surface area contributed by atoms with E-state index in [0.29, 0.717) is 5.57 Å². The molecule has 34 heavy (non-hydrogen) atoms. The van der Waals surface area contributed by atoms with E-state index < -0.39 is 66.3 Å². The molecule has 0 spiro atoms. The average molecular weight is 549 g/mol. The van der Waals surface area contributed by atoms with Crippen molar-refractivity contribution in [3.8, 4) is 5.75 Å². The first-order valence-electron chi connectivity index (χ1n) is 9.95. The number of carbonyl (C=O) groups excluding carboxylic acids is 2. The minimum atomic E-state index is -2.24. The van der Waals surface area contributed by atoms with Crippen LogP contribution in [0.25, 0.3) is 0 Å². The van der Waals surface area contributed by atoms with Gasteiger partial charge in [-0.2, -0.15) is 0 Å². The van der Waals surface area contributed by atoms with E-state index in [0.717, 1.165) is 21.4 Å². The summed E-state index contributed by atoms with van der Waals surface area (Å²) in [6.07, 6.45) is 1.22. The third-order valence-corrected chi connectivity index (χ3v) is 9.05. The highest BCUT2D eigenvalue weighted by Crippen LogP contribution is 2.63. The number of aromatic hydroxyl groups is 1. The van der Waals surface area contributed by atoms with Crippen molar-refractivity contribution in [2.75, 3.05) is 0 Å². The van der Waals surface area contributed by atoms with Crippen LogP contribution >= 0.6 is 46.4 Å². The van der Waals surface area contributed by atoms with E-state index in [2.05, 4.69) is 0 Å². The average Bonchev–Trinajstić information content (AvgIpc) is 3.03. The van der Waals surface area contributed by atoms with Crippen LogP contribution in [0.3, 0.4) is 0 Å². The van der Waals surface area contributed by atoms with E-state index in [-0.39, 0.29) is 18.5 Å². The summed E-state index contributed by atoms with van der Waals surface area (Å²) < 4.78 is 17.6. The third-order valence-electron chi connectivity index (χ3n) is 6.80. The van der Waals surface area contributed by atoms with Gasteiger partial charge in [0.1, 0.15) is 19.8 Å². The van der Waals surface area contributed by atoms with Crippen LogP contribution in [0.15, 0.2) is 49.5 Å². The van der Waals surface area contributed by atoms with Gasteiger partial charge in [0.2, 0.25) is 0 Å². The third kappa shape index (κ3) is 2.66. The number of alkyl halides is 2. The summed E-state index contributed by atoms with van der Waals surface area (Å²) in [6.45, 7) is -0.0491. The molecule has 1 fully saturated rings. The molecule has 4 atom stereocenters. The Balaban J connectivity index is 1.86. The molecule has 8 nitrogen and oxygen atoms in total. The summed E-state index contributed by atoms with van der Waals surface area (Å²) in [7, 11) is 1.30. The number of hydrogen-bond donors (Lipinski definition) is 1. The van der Waals surface area contributed by atoms with E-state index in [1.165, 1.54) is 17.8 Å². The van der Waals surface area contributed by atoms with Gasteiger partial charge in [0.25, 0.3) is 0 Å². The summed E-state index contributed by atoms with van der Waals surface area (Å²) in [6, 6.07) is 2.37. The number of aromatic nitrogens is 3. The molecule has 3 aliphatic rings. The molecule has 1 aromatic carbocycles. The molecule has 0 amide bonds. The van der Waals surface area contributed by atoms with E-state index in [1.54, 1.807) is 6.08 Å². The Labute approximate surface area is 210 Å². The summed E-state index contributed by atoms with van der Waals surface area (Å²) in [4.78, 5) is 47.9. The topological polar surface area (TPSA) is 103 Å². The highest BCUT2D eigenvalue weighted by Gasteiger charge is 2.71. The van der Waals surface area contributed by atoms with Gasteiger partial charge in [0.15, 0.2) is 23.1 Å². The first-order valence-corrected chi connectivity index (χ1v) is 11.5. The second-order valence-electron chi connectivity index (χ2n) is 8.42. The van der Waals surface area contributed by atoms with Gasteiger partial charge in [0.05, 0.1) is 12.6 Å². The predicted octanol–water partition coefficient (Wildman–Crippen LogP) is 2.66. The fraction of sp³-hybridized carbons (Fsp3) is 0.333. The van der Waals surface area contributed by atoms with Crippen LogP contribution in [0, 0.1) is 5.82 Å². The van der Waals surface area contributed by atoms with Crippen LogP contribution < -0.4 is 11.4 Å². The molecular formula is C21H14Cl4FN3O5. The van der Waals surface area contributed by atoms with E-state index in [4.69, 9.17) is 46.4 Å². The maximum absolute atomic E-state index is 14.4. The zero-order valence-electron chi connectivity index (χ0n) is 17.2. The van der Waals surface area contributed by atoms with Gasteiger partial charge in [-0.25, -0.2) is 27.9 Å². The molecule has 0 unspecified atom stereocenters. The van der Waals surface area contributed by atoms with Crippen LogP contribution in [-0.2, 0) is 23.2 Å². The normalized spacial score (nSPS) is 30.6. The first kappa shape index (κ1) is 23.4. The van der Waals surface area contributed by atoms with Crippen molar-refractivity contribution < 1.29 is 19.1 Å². The highest BCUT2D eigenvalue weighted by molar-refractivity contribution is 6.66. The number of phenolic OH excluding ortho intramolecular Hbond substituents is 1. The zero-order valence-corrected chi connectivity index (χ0v) is 20.2. The summed E-state index contributed by atoms with van der Waals surface area (Å²) in [5.41, 5.74) is -0.791. The Morgan fingerprint density at radius 1 is 1.06 bits per heavy atom. The number of hydrogen-bond acceptors (Lipinski definition) is 5. The Bertz CT molecular complexity index is 1500. The van der Waals surface area contributed by atoms with Crippen molar-refractivity contribution >= 4 is 58.0 Å². The van der Waals surface area contributed by atoms with E-state index >= 15 is 0 Å². The molecule has 13 heteroatoms. The maximum atomic E-state index is 14.4. The van der Waals surface area contributed by atoms with E-state index in [1.807, 2.05) is 0 Å². The lowest BCUT2D eigenvalue weighted by Crippen LogP contribution is -2.67. The van der Waals surface area contributed by atoms with Gasteiger partial charge in [-0.3, -0.25) is 9.59 Å². The molecule has 0 radical (unpaired) electrons. The van der Waals surface area contributed by atoms with E-state index in [9.17, 15) is 28.7 Å². The molecule has 1 N–H and O–H groups in total. The Hall–Kier alpha value is -2.33. The zero-order chi connectivity index (χ0) is 24.9. The Morgan fingerprint density at radius 3 is 2.35 bits per heavy atom. The molecule has 2 aliphatic carbocycles.